The van der Waals surface area contributed by atoms with E-state index in [-0.39, 0.29) is 12.6 Å². The van der Waals surface area contributed by atoms with Gasteiger partial charge in [-0.25, -0.2) is 14.5 Å². The Bertz CT molecular complexity index is 540. The van der Waals surface area contributed by atoms with Crippen molar-refractivity contribution in [3.05, 3.63) is 18.6 Å². The van der Waals surface area contributed by atoms with E-state index in [4.69, 9.17) is 4.74 Å². The van der Waals surface area contributed by atoms with Crippen molar-refractivity contribution in [2.24, 2.45) is 7.05 Å². The smallest absolute Gasteiger partial charge is 0.344 e. The molecule has 0 bridgehead atoms. The summed E-state index contributed by atoms with van der Waals surface area (Å²) in [6.45, 7) is -0.236. The molecule has 0 radical (unpaired) electrons. The standard InChI is InChI=1S/C10H11N5O3/c1-15-9(7-5-11-3-4-12-7)13-10(14-15)18-6-8(16)17-2/h3-5H,6H2,1-2H3. The number of carbonyl (C=O) groups excluding carboxylic acids is 1. The van der Waals surface area contributed by atoms with Gasteiger partial charge in [0.15, 0.2) is 12.4 Å². The van der Waals surface area contributed by atoms with E-state index in [1.54, 1.807) is 25.6 Å². The minimum atomic E-state index is -0.497. The topological polar surface area (TPSA) is 92.0 Å². The molecule has 0 aliphatic carbocycles. The Morgan fingerprint density at radius 1 is 1.44 bits per heavy atom. The van der Waals surface area contributed by atoms with Gasteiger partial charge in [-0.1, -0.05) is 0 Å². The normalized spacial score (nSPS) is 10.1. The number of methoxy groups -OCH3 is 1. The summed E-state index contributed by atoms with van der Waals surface area (Å²) in [5, 5.41) is 4.00. The van der Waals surface area contributed by atoms with Crippen LogP contribution < -0.4 is 4.74 Å². The Morgan fingerprint density at radius 2 is 2.28 bits per heavy atom. The van der Waals surface area contributed by atoms with Crippen molar-refractivity contribution in [3.8, 4) is 17.5 Å². The summed E-state index contributed by atoms with van der Waals surface area (Å²) in [5.41, 5.74) is 0.570. The summed E-state index contributed by atoms with van der Waals surface area (Å²) < 4.78 is 11.0. The van der Waals surface area contributed by atoms with Gasteiger partial charge in [-0.15, -0.1) is 5.10 Å². The van der Waals surface area contributed by atoms with Crippen LogP contribution in [0.5, 0.6) is 6.01 Å². The van der Waals surface area contributed by atoms with Crippen LogP contribution in [-0.2, 0) is 16.6 Å². The molecule has 0 unspecified atom stereocenters. The maximum absolute atomic E-state index is 10.9. The van der Waals surface area contributed by atoms with Crippen LogP contribution in [-0.4, -0.2) is 44.4 Å². The second-order valence-electron chi connectivity index (χ2n) is 3.30. The highest BCUT2D eigenvalue weighted by molar-refractivity contribution is 5.70. The van der Waals surface area contributed by atoms with Crippen molar-refractivity contribution < 1.29 is 14.3 Å². The number of nitrogens with zero attached hydrogens (tertiary/aromatic N) is 5. The van der Waals surface area contributed by atoms with Crippen LogP contribution in [0, 0.1) is 0 Å². The summed E-state index contributed by atoms with van der Waals surface area (Å²) in [6, 6.07) is 0.0866. The van der Waals surface area contributed by atoms with Crippen molar-refractivity contribution in [1.29, 1.82) is 0 Å². The number of hydrogen-bond acceptors (Lipinski definition) is 7. The summed E-state index contributed by atoms with van der Waals surface area (Å²) in [4.78, 5) is 23.1. The minimum absolute atomic E-state index is 0.0866. The third-order valence-electron chi connectivity index (χ3n) is 2.08. The summed E-state index contributed by atoms with van der Waals surface area (Å²) in [7, 11) is 2.98. The van der Waals surface area contributed by atoms with Crippen LogP contribution in [0.1, 0.15) is 0 Å². The first-order valence-electron chi connectivity index (χ1n) is 5.07. The fourth-order valence-corrected chi connectivity index (χ4v) is 1.24. The lowest BCUT2D eigenvalue weighted by Gasteiger charge is -1.97. The molecule has 18 heavy (non-hydrogen) atoms. The number of ether oxygens (including phenoxy) is 2. The van der Waals surface area contributed by atoms with Gasteiger partial charge in [0.1, 0.15) is 5.69 Å². The Hall–Kier alpha value is -2.51. The van der Waals surface area contributed by atoms with Crippen LogP contribution >= 0.6 is 0 Å². The Balaban J connectivity index is 2.15. The van der Waals surface area contributed by atoms with Gasteiger partial charge < -0.3 is 9.47 Å². The second-order valence-corrected chi connectivity index (χ2v) is 3.30. The first kappa shape index (κ1) is 12.0. The zero-order valence-corrected chi connectivity index (χ0v) is 9.90. The van der Waals surface area contributed by atoms with Crippen molar-refractivity contribution in [2.45, 2.75) is 0 Å². The number of carbonyl (C=O) groups is 1. The summed E-state index contributed by atoms with van der Waals surface area (Å²) in [6.07, 6.45) is 4.68. The molecule has 0 amide bonds. The molecule has 0 aromatic carbocycles. The van der Waals surface area contributed by atoms with E-state index in [2.05, 4.69) is 24.8 Å². The van der Waals surface area contributed by atoms with E-state index in [1.807, 2.05) is 0 Å². The highest BCUT2D eigenvalue weighted by Gasteiger charge is 2.12. The molecule has 2 rings (SSSR count). The zero-order valence-electron chi connectivity index (χ0n) is 9.90. The minimum Gasteiger partial charge on any atom is -0.466 e. The molecule has 0 fully saturated rings. The van der Waals surface area contributed by atoms with E-state index in [0.717, 1.165) is 0 Å². The van der Waals surface area contributed by atoms with E-state index < -0.39 is 5.97 Å². The molecule has 2 aromatic rings. The maximum Gasteiger partial charge on any atom is 0.344 e. The summed E-state index contributed by atoms with van der Waals surface area (Å²) in [5.74, 6) is 0.00599. The molecular formula is C10H11N5O3. The molecular weight excluding hydrogens is 238 g/mol. The van der Waals surface area contributed by atoms with Gasteiger partial charge in [0.05, 0.1) is 13.3 Å². The third-order valence-corrected chi connectivity index (χ3v) is 2.08. The van der Waals surface area contributed by atoms with E-state index in [0.29, 0.717) is 11.5 Å². The van der Waals surface area contributed by atoms with E-state index in [1.165, 1.54) is 11.8 Å². The lowest BCUT2D eigenvalue weighted by atomic mass is 10.4. The van der Waals surface area contributed by atoms with Gasteiger partial charge in [-0.3, -0.25) is 4.98 Å². The monoisotopic (exact) mass is 249 g/mol. The van der Waals surface area contributed by atoms with Crippen LogP contribution in [0.2, 0.25) is 0 Å². The molecule has 0 saturated heterocycles. The van der Waals surface area contributed by atoms with E-state index >= 15 is 0 Å². The highest BCUT2D eigenvalue weighted by atomic mass is 16.6. The quantitative estimate of drug-likeness (QED) is 0.694. The third kappa shape index (κ3) is 2.59. The predicted molar refractivity (Wildman–Crippen MR) is 59.5 cm³/mol. The number of rotatable bonds is 4. The number of aryl methyl sites for hydroxylation is 1. The van der Waals surface area contributed by atoms with Gasteiger partial charge in [-0.2, -0.15) is 4.98 Å². The first-order chi connectivity index (χ1) is 8.70. The molecule has 0 saturated carbocycles. The molecule has 94 valence electrons. The molecule has 0 aliphatic rings. The molecule has 0 atom stereocenters. The van der Waals surface area contributed by atoms with Crippen LogP contribution in [0.25, 0.3) is 11.5 Å². The predicted octanol–water partition coefficient (Wildman–Crippen LogP) is -0.176. The average molecular weight is 249 g/mol. The molecule has 0 N–H and O–H groups in total. The van der Waals surface area contributed by atoms with Crippen LogP contribution in [0.4, 0.5) is 0 Å². The lowest BCUT2D eigenvalue weighted by molar-refractivity contribution is -0.143. The van der Waals surface area contributed by atoms with E-state index in [9.17, 15) is 4.79 Å². The Labute approximate surface area is 103 Å². The molecule has 8 heteroatoms. The Kier molecular flexibility index (Phi) is 3.46. The number of aromatic nitrogens is 5. The fourth-order valence-electron chi connectivity index (χ4n) is 1.24. The van der Waals surface area contributed by atoms with Gasteiger partial charge in [0.2, 0.25) is 0 Å². The fraction of sp³-hybridized carbons (Fsp3) is 0.300. The largest absolute Gasteiger partial charge is 0.466 e. The highest BCUT2D eigenvalue weighted by Crippen LogP contribution is 2.15. The SMILES string of the molecule is COC(=O)COc1nc(-c2cnccn2)n(C)n1. The van der Waals surface area contributed by atoms with Crippen LogP contribution in [0.3, 0.4) is 0 Å². The molecule has 2 heterocycles. The van der Waals surface area contributed by atoms with Crippen LogP contribution in [0.15, 0.2) is 18.6 Å². The van der Waals surface area contributed by atoms with Crippen molar-refractivity contribution in [2.75, 3.05) is 13.7 Å². The van der Waals surface area contributed by atoms with Crippen molar-refractivity contribution >= 4 is 5.97 Å². The molecule has 0 spiro atoms. The first-order valence-corrected chi connectivity index (χ1v) is 5.07. The zero-order chi connectivity index (χ0) is 13.0. The maximum atomic E-state index is 10.9. The number of esters is 1. The van der Waals surface area contributed by atoms with Gasteiger partial charge in [0, 0.05) is 19.4 Å². The number of hydrogen-bond donors (Lipinski definition) is 0. The second kappa shape index (κ2) is 5.21. The molecule has 0 aliphatic heterocycles. The van der Waals surface area contributed by atoms with Crippen molar-refractivity contribution in [3.63, 3.8) is 0 Å². The van der Waals surface area contributed by atoms with Crippen molar-refractivity contribution in [1.82, 2.24) is 24.7 Å². The Morgan fingerprint density at radius 3 is 2.94 bits per heavy atom. The average Bonchev–Trinajstić information content (AvgIpc) is 2.78. The van der Waals surface area contributed by atoms with Gasteiger partial charge in [0.25, 0.3) is 0 Å². The van der Waals surface area contributed by atoms with Gasteiger partial charge in [-0.05, 0) is 0 Å². The summed E-state index contributed by atoms with van der Waals surface area (Å²) >= 11 is 0. The molecule has 8 nitrogen and oxygen atoms in total. The lowest BCUT2D eigenvalue weighted by Crippen LogP contribution is -2.13. The van der Waals surface area contributed by atoms with Gasteiger partial charge >= 0.3 is 12.0 Å². The molecule has 2 aromatic heterocycles.